The number of halogens is 4. The number of nitrogens with zero attached hydrogens (tertiary/aromatic N) is 1. The van der Waals surface area contributed by atoms with Gasteiger partial charge in [-0.3, -0.25) is 14.9 Å². The molecule has 0 unspecified atom stereocenters. The van der Waals surface area contributed by atoms with Crippen LogP contribution >= 0.6 is 55.1 Å². The molecule has 37 heavy (non-hydrogen) atoms. The second-order valence-electron chi connectivity index (χ2n) is 7.72. The van der Waals surface area contributed by atoms with E-state index >= 15 is 0 Å². The summed E-state index contributed by atoms with van der Waals surface area (Å²) in [5.41, 5.74) is 1.33. The van der Waals surface area contributed by atoms with E-state index in [4.69, 9.17) is 32.7 Å². The van der Waals surface area contributed by atoms with E-state index in [1.807, 2.05) is 6.92 Å². The van der Waals surface area contributed by atoms with Crippen molar-refractivity contribution in [2.24, 2.45) is 0 Å². The number of rotatable bonds is 7. The highest BCUT2D eigenvalue weighted by Crippen LogP contribution is 2.39. The second kappa shape index (κ2) is 11.7. The molecule has 1 aliphatic heterocycles. The Hall–Kier alpha value is -2.85. The number of anilines is 1. The average Bonchev–Trinajstić information content (AvgIpc) is 2.83. The van der Waals surface area contributed by atoms with Crippen LogP contribution in [-0.2, 0) is 16.2 Å². The normalized spacial score (nSPS) is 14.7. The number of nitrogens with one attached hydrogen (secondary N) is 1. The van der Waals surface area contributed by atoms with Gasteiger partial charge in [-0.05, 0) is 83.0 Å². The van der Waals surface area contributed by atoms with Crippen molar-refractivity contribution in [1.29, 1.82) is 0 Å². The van der Waals surface area contributed by atoms with Gasteiger partial charge in [0.15, 0.2) is 11.5 Å². The number of urea groups is 1. The number of barbiturate groups is 1. The van der Waals surface area contributed by atoms with Crippen LogP contribution < -0.4 is 19.7 Å². The summed E-state index contributed by atoms with van der Waals surface area (Å²) >= 11 is 19.0. The molecular formula is C26H18Br2Cl2N2O5. The van der Waals surface area contributed by atoms with E-state index in [1.165, 1.54) is 6.08 Å². The molecule has 4 rings (SSSR count). The lowest BCUT2D eigenvalue weighted by Crippen LogP contribution is -2.54. The van der Waals surface area contributed by atoms with Crippen molar-refractivity contribution in [2.75, 3.05) is 11.5 Å². The maximum Gasteiger partial charge on any atom is 0.335 e. The quantitative estimate of drug-likeness (QED) is 0.213. The van der Waals surface area contributed by atoms with E-state index in [1.54, 1.807) is 54.6 Å². The maximum atomic E-state index is 13.2. The van der Waals surface area contributed by atoms with Crippen LogP contribution in [0.15, 0.2) is 69.1 Å². The molecule has 190 valence electrons. The molecular weight excluding hydrogens is 651 g/mol. The predicted octanol–water partition coefficient (Wildman–Crippen LogP) is 7.16. The highest BCUT2D eigenvalue weighted by molar-refractivity contribution is 9.10. The maximum absolute atomic E-state index is 13.2. The minimum Gasteiger partial charge on any atom is -0.490 e. The van der Waals surface area contributed by atoms with Crippen molar-refractivity contribution in [3.05, 3.63) is 90.3 Å². The van der Waals surface area contributed by atoms with E-state index in [9.17, 15) is 14.4 Å². The minimum absolute atomic E-state index is 0.153. The number of hydrogen-bond acceptors (Lipinski definition) is 5. The molecule has 3 aromatic rings. The lowest BCUT2D eigenvalue weighted by atomic mass is 10.1. The van der Waals surface area contributed by atoms with E-state index in [0.717, 1.165) is 14.9 Å². The summed E-state index contributed by atoms with van der Waals surface area (Å²) in [4.78, 5) is 39.1. The predicted molar refractivity (Wildman–Crippen MR) is 149 cm³/mol. The smallest absolute Gasteiger partial charge is 0.335 e. The van der Waals surface area contributed by atoms with E-state index < -0.39 is 17.8 Å². The Balaban J connectivity index is 1.66. The Morgan fingerprint density at radius 2 is 1.70 bits per heavy atom. The molecule has 0 aromatic heterocycles. The number of hydrogen-bond donors (Lipinski definition) is 1. The summed E-state index contributed by atoms with van der Waals surface area (Å²) in [6.07, 6.45) is 1.39. The monoisotopic (exact) mass is 666 g/mol. The van der Waals surface area contributed by atoms with Gasteiger partial charge >= 0.3 is 6.03 Å². The molecule has 0 aliphatic carbocycles. The van der Waals surface area contributed by atoms with Crippen LogP contribution in [0.5, 0.6) is 11.5 Å². The average molecular weight is 669 g/mol. The highest BCUT2D eigenvalue weighted by Gasteiger charge is 2.36. The number of carbonyl (C=O) groups excluding carboxylic acids is 3. The standard InChI is InChI=1S/C26H18Br2Cl2N2O5/c1-2-36-22-11-14(10-20(28)23(22)37-13-15-3-6-17(29)12-21(15)30)9-19-24(33)31-26(35)32(25(19)34)18-7-4-16(27)5-8-18/h3-12H,2,13H2,1H3,(H,31,33,35)/b19-9+. The number of carbonyl (C=O) groups is 3. The lowest BCUT2D eigenvalue weighted by Gasteiger charge is -2.26. The fourth-order valence-electron chi connectivity index (χ4n) is 3.51. The number of benzene rings is 3. The van der Waals surface area contributed by atoms with Crippen LogP contribution in [0.1, 0.15) is 18.1 Å². The third-order valence-corrected chi connectivity index (χ3v) is 6.92. The summed E-state index contributed by atoms with van der Waals surface area (Å²) in [5.74, 6) is -0.738. The van der Waals surface area contributed by atoms with Crippen molar-refractivity contribution in [2.45, 2.75) is 13.5 Å². The Bertz CT molecular complexity index is 1430. The Morgan fingerprint density at radius 3 is 2.38 bits per heavy atom. The van der Waals surface area contributed by atoms with Crippen LogP contribution in [0.3, 0.4) is 0 Å². The first-order chi connectivity index (χ1) is 17.7. The molecule has 3 aromatic carbocycles. The van der Waals surface area contributed by atoms with Gasteiger partial charge in [-0.2, -0.15) is 0 Å². The zero-order valence-corrected chi connectivity index (χ0v) is 23.9. The molecule has 7 nitrogen and oxygen atoms in total. The van der Waals surface area contributed by atoms with Gasteiger partial charge in [-0.25, -0.2) is 9.69 Å². The Morgan fingerprint density at radius 1 is 0.973 bits per heavy atom. The Kier molecular flexibility index (Phi) is 8.59. The van der Waals surface area contributed by atoms with Gasteiger partial charge in [0.2, 0.25) is 0 Å². The van der Waals surface area contributed by atoms with E-state index in [2.05, 4.69) is 37.2 Å². The van der Waals surface area contributed by atoms with Crippen LogP contribution in [0.2, 0.25) is 10.0 Å². The van der Waals surface area contributed by atoms with Gasteiger partial charge in [0.05, 0.1) is 16.8 Å². The van der Waals surface area contributed by atoms with Crippen molar-refractivity contribution >= 4 is 84.7 Å². The molecule has 1 aliphatic rings. The second-order valence-corrected chi connectivity index (χ2v) is 10.3. The zero-order valence-electron chi connectivity index (χ0n) is 19.2. The molecule has 1 heterocycles. The number of amides is 4. The lowest BCUT2D eigenvalue weighted by molar-refractivity contribution is -0.122. The van der Waals surface area contributed by atoms with Crippen LogP contribution in [0.25, 0.3) is 6.08 Å². The topological polar surface area (TPSA) is 84.9 Å². The summed E-state index contributed by atoms with van der Waals surface area (Å²) in [6, 6.07) is 14.2. The third-order valence-electron chi connectivity index (χ3n) is 5.22. The van der Waals surface area contributed by atoms with Gasteiger partial charge in [-0.1, -0.05) is 45.2 Å². The fraction of sp³-hybridized carbons (Fsp3) is 0.115. The fourth-order valence-corrected chi connectivity index (χ4v) is 4.81. The SMILES string of the molecule is CCOc1cc(/C=C2\C(=O)NC(=O)N(c3ccc(Br)cc3)C2=O)cc(Br)c1OCc1ccc(Cl)cc1Cl. The molecule has 0 bridgehead atoms. The van der Waals surface area contributed by atoms with Crippen LogP contribution in [-0.4, -0.2) is 24.5 Å². The van der Waals surface area contributed by atoms with Gasteiger partial charge in [0.25, 0.3) is 11.8 Å². The molecule has 1 saturated heterocycles. The molecule has 0 spiro atoms. The number of ether oxygens (including phenoxy) is 2. The van der Waals surface area contributed by atoms with Crippen molar-refractivity contribution < 1.29 is 23.9 Å². The molecule has 0 radical (unpaired) electrons. The van der Waals surface area contributed by atoms with Gasteiger partial charge < -0.3 is 9.47 Å². The van der Waals surface area contributed by atoms with Gasteiger partial charge in [0, 0.05) is 20.1 Å². The van der Waals surface area contributed by atoms with Crippen molar-refractivity contribution in [3.63, 3.8) is 0 Å². The molecule has 0 saturated carbocycles. The van der Waals surface area contributed by atoms with Crippen molar-refractivity contribution in [3.8, 4) is 11.5 Å². The summed E-state index contributed by atoms with van der Waals surface area (Å²) in [6.45, 7) is 2.31. The van der Waals surface area contributed by atoms with Crippen LogP contribution in [0, 0.1) is 0 Å². The number of imide groups is 2. The molecule has 1 fully saturated rings. The summed E-state index contributed by atoms with van der Waals surface area (Å²) < 4.78 is 13.1. The molecule has 1 N–H and O–H groups in total. The summed E-state index contributed by atoms with van der Waals surface area (Å²) in [7, 11) is 0. The largest absolute Gasteiger partial charge is 0.490 e. The van der Waals surface area contributed by atoms with Gasteiger partial charge in [-0.15, -0.1) is 0 Å². The first-order valence-corrected chi connectivity index (χ1v) is 13.2. The highest BCUT2D eigenvalue weighted by atomic mass is 79.9. The van der Waals surface area contributed by atoms with Crippen LogP contribution in [0.4, 0.5) is 10.5 Å². The van der Waals surface area contributed by atoms with Crippen molar-refractivity contribution in [1.82, 2.24) is 5.32 Å². The first kappa shape index (κ1) is 27.2. The molecule has 4 amide bonds. The molecule has 11 heteroatoms. The summed E-state index contributed by atoms with van der Waals surface area (Å²) in [5, 5.41) is 3.20. The third kappa shape index (κ3) is 6.18. The van der Waals surface area contributed by atoms with E-state index in [0.29, 0.717) is 43.9 Å². The minimum atomic E-state index is -0.824. The Labute approximate surface area is 239 Å². The first-order valence-electron chi connectivity index (χ1n) is 10.9. The van der Waals surface area contributed by atoms with E-state index in [-0.39, 0.29) is 12.2 Å². The molecule has 0 atom stereocenters. The van der Waals surface area contributed by atoms with Gasteiger partial charge in [0.1, 0.15) is 12.2 Å². The zero-order chi connectivity index (χ0) is 26.7.